The minimum atomic E-state index is -3.48. The van der Waals surface area contributed by atoms with Crippen LogP contribution in [0.15, 0.2) is 0 Å². The summed E-state index contributed by atoms with van der Waals surface area (Å²) in [7, 11) is -3.48. The van der Waals surface area contributed by atoms with Crippen LogP contribution in [0.1, 0.15) is 33.1 Å². The molecular weight excluding hydrogens is 318 g/mol. The molecule has 0 aliphatic carbocycles. The number of ether oxygens (including phenoxy) is 1. The monoisotopic (exact) mass is 347 g/mol. The average molecular weight is 347 g/mol. The molecule has 1 atom stereocenters. The maximum Gasteiger partial charge on any atom is 0.282 e. The van der Waals surface area contributed by atoms with E-state index in [1.54, 1.807) is 0 Å². The lowest BCUT2D eigenvalue weighted by atomic mass is 9.98. The second-order valence-corrected chi connectivity index (χ2v) is 8.62. The number of piperidine rings is 1. The van der Waals surface area contributed by atoms with Crippen LogP contribution < -0.4 is 5.32 Å². The predicted octanol–water partition coefficient (Wildman–Crippen LogP) is 0.438. The lowest BCUT2D eigenvalue weighted by Crippen LogP contribution is -2.53. The Hall–Kier alpha value is -0.700. The van der Waals surface area contributed by atoms with Crippen LogP contribution in [0.4, 0.5) is 0 Å². The van der Waals surface area contributed by atoms with E-state index in [0.717, 1.165) is 19.3 Å². The van der Waals surface area contributed by atoms with Crippen molar-refractivity contribution in [1.29, 1.82) is 0 Å². The van der Waals surface area contributed by atoms with E-state index >= 15 is 0 Å². The standard InChI is InChI=1S/C15H29N3O4S/c1-13(2)5-6-16-15(19)14-4-3-7-18(12-14)23(20,21)17-8-10-22-11-9-17/h13-14H,3-12H2,1-2H3,(H,16,19)/t14-/m0/s1. The fraction of sp³-hybridized carbons (Fsp3) is 0.933. The highest BCUT2D eigenvalue weighted by Crippen LogP contribution is 2.22. The van der Waals surface area contributed by atoms with Crippen molar-refractivity contribution in [2.24, 2.45) is 11.8 Å². The molecule has 0 aromatic carbocycles. The molecule has 134 valence electrons. The van der Waals surface area contributed by atoms with E-state index < -0.39 is 10.2 Å². The van der Waals surface area contributed by atoms with Gasteiger partial charge >= 0.3 is 0 Å². The third-order valence-corrected chi connectivity index (χ3v) is 6.40. The summed E-state index contributed by atoms with van der Waals surface area (Å²) in [5, 5.41) is 2.94. The fourth-order valence-electron chi connectivity index (χ4n) is 2.93. The van der Waals surface area contributed by atoms with Crippen LogP contribution in [-0.4, -0.2) is 68.9 Å². The molecule has 1 N–H and O–H groups in total. The number of amides is 1. The number of morpholine rings is 1. The second-order valence-electron chi connectivity index (χ2n) is 6.69. The zero-order valence-corrected chi connectivity index (χ0v) is 15.0. The van der Waals surface area contributed by atoms with Crippen molar-refractivity contribution in [3.05, 3.63) is 0 Å². The van der Waals surface area contributed by atoms with Crippen LogP contribution in [0.2, 0.25) is 0 Å². The van der Waals surface area contributed by atoms with Gasteiger partial charge in [0.2, 0.25) is 5.91 Å². The molecule has 2 fully saturated rings. The van der Waals surface area contributed by atoms with Crippen LogP contribution in [0, 0.1) is 11.8 Å². The zero-order chi connectivity index (χ0) is 16.9. The number of rotatable bonds is 6. The molecule has 0 spiro atoms. The van der Waals surface area contributed by atoms with E-state index in [1.165, 1.54) is 8.61 Å². The van der Waals surface area contributed by atoms with Crippen LogP contribution in [0.3, 0.4) is 0 Å². The van der Waals surface area contributed by atoms with Crippen molar-refractivity contribution in [1.82, 2.24) is 13.9 Å². The Kier molecular flexibility index (Phi) is 6.82. The normalized spacial score (nSPS) is 24.7. The van der Waals surface area contributed by atoms with Gasteiger partial charge in [-0.15, -0.1) is 0 Å². The first-order valence-corrected chi connectivity index (χ1v) is 9.91. The van der Waals surface area contributed by atoms with Gasteiger partial charge in [-0.3, -0.25) is 4.79 Å². The molecule has 0 aromatic heterocycles. The Bertz CT molecular complexity index is 489. The van der Waals surface area contributed by atoms with Crippen molar-refractivity contribution in [3.63, 3.8) is 0 Å². The molecule has 0 radical (unpaired) electrons. The zero-order valence-electron chi connectivity index (χ0n) is 14.2. The quantitative estimate of drug-likeness (QED) is 0.756. The number of hydrogen-bond acceptors (Lipinski definition) is 4. The number of carbonyl (C=O) groups is 1. The smallest absolute Gasteiger partial charge is 0.282 e. The molecule has 2 aliphatic heterocycles. The van der Waals surface area contributed by atoms with Gasteiger partial charge < -0.3 is 10.1 Å². The highest BCUT2D eigenvalue weighted by molar-refractivity contribution is 7.86. The second kappa shape index (κ2) is 8.41. The summed E-state index contributed by atoms with van der Waals surface area (Å²) in [6, 6.07) is 0. The maximum absolute atomic E-state index is 12.7. The van der Waals surface area contributed by atoms with E-state index in [1.807, 2.05) is 0 Å². The van der Waals surface area contributed by atoms with Gasteiger partial charge in [-0.05, 0) is 25.2 Å². The molecule has 0 aromatic rings. The van der Waals surface area contributed by atoms with Gasteiger partial charge in [-0.1, -0.05) is 13.8 Å². The third kappa shape index (κ3) is 5.14. The summed E-state index contributed by atoms with van der Waals surface area (Å²) in [5.74, 6) is 0.277. The van der Waals surface area contributed by atoms with E-state index in [-0.39, 0.29) is 18.4 Å². The van der Waals surface area contributed by atoms with Gasteiger partial charge in [-0.25, -0.2) is 0 Å². The van der Waals surface area contributed by atoms with Crippen molar-refractivity contribution < 1.29 is 17.9 Å². The first-order chi connectivity index (χ1) is 10.9. The van der Waals surface area contributed by atoms with E-state index in [0.29, 0.717) is 45.3 Å². The summed E-state index contributed by atoms with van der Waals surface area (Å²) in [4.78, 5) is 12.3. The predicted molar refractivity (Wildman–Crippen MR) is 88.1 cm³/mol. The Balaban J connectivity index is 1.90. The molecule has 2 saturated heterocycles. The molecule has 2 heterocycles. The largest absolute Gasteiger partial charge is 0.379 e. The molecule has 0 bridgehead atoms. The molecule has 1 amide bonds. The third-order valence-electron chi connectivity index (χ3n) is 4.40. The van der Waals surface area contributed by atoms with Gasteiger partial charge in [0.25, 0.3) is 10.2 Å². The Morgan fingerprint density at radius 2 is 1.91 bits per heavy atom. The molecule has 2 aliphatic rings. The van der Waals surface area contributed by atoms with Gasteiger partial charge in [0.15, 0.2) is 0 Å². The molecular formula is C15H29N3O4S. The first-order valence-electron chi connectivity index (χ1n) is 8.52. The minimum absolute atomic E-state index is 0.0208. The number of nitrogens with zero attached hydrogens (tertiary/aromatic N) is 2. The molecule has 7 nitrogen and oxygen atoms in total. The fourth-order valence-corrected chi connectivity index (χ4v) is 4.60. The SMILES string of the molecule is CC(C)CCNC(=O)[C@H]1CCCN(S(=O)(=O)N2CCOCC2)C1. The van der Waals surface area contributed by atoms with Gasteiger partial charge in [0.05, 0.1) is 19.1 Å². The summed E-state index contributed by atoms with van der Waals surface area (Å²) in [6.45, 7) is 7.32. The van der Waals surface area contributed by atoms with E-state index in [4.69, 9.17) is 4.74 Å². The summed E-state index contributed by atoms with van der Waals surface area (Å²) in [5.41, 5.74) is 0. The van der Waals surface area contributed by atoms with Crippen molar-refractivity contribution in [3.8, 4) is 0 Å². The Morgan fingerprint density at radius 1 is 1.22 bits per heavy atom. The van der Waals surface area contributed by atoms with Crippen molar-refractivity contribution in [2.75, 3.05) is 45.9 Å². The first kappa shape index (κ1) is 18.6. The lowest BCUT2D eigenvalue weighted by molar-refractivity contribution is -0.126. The Labute approximate surface area is 139 Å². The Morgan fingerprint density at radius 3 is 2.57 bits per heavy atom. The molecule has 0 saturated carbocycles. The van der Waals surface area contributed by atoms with E-state index in [2.05, 4.69) is 19.2 Å². The summed E-state index contributed by atoms with van der Waals surface area (Å²) < 4.78 is 33.5. The number of nitrogens with one attached hydrogen (secondary N) is 1. The van der Waals surface area contributed by atoms with Crippen LogP contribution in [0.5, 0.6) is 0 Å². The van der Waals surface area contributed by atoms with Gasteiger partial charge in [-0.2, -0.15) is 17.0 Å². The maximum atomic E-state index is 12.7. The molecule has 2 rings (SSSR count). The van der Waals surface area contributed by atoms with E-state index in [9.17, 15) is 13.2 Å². The number of carbonyl (C=O) groups excluding carboxylic acids is 1. The van der Waals surface area contributed by atoms with Crippen molar-refractivity contribution >= 4 is 16.1 Å². The summed E-state index contributed by atoms with van der Waals surface area (Å²) in [6.07, 6.45) is 2.42. The highest BCUT2D eigenvalue weighted by atomic mass is 32.2. The van der Waals surface area contributed by atoms with Crippen LogP contribution in [-0.2, 0) is 19.7 Å². The van der Waals surface area contributed by atoms with Crippen LogP contribution in [0.25, 0.3) is 0 Å². The average Bonchev–Trinajstić information content (AvgIpc) is 2.55. The highest BCUT2D eigenvalue weighted by Gasteiger charge is 2.36. The number of hydrogen-bond donors (Lipinski definition) is 1. The topological polar surface area (TPSA) is 79.0 Å². The lowest BCUT2D eigenvalue weighted by Gasteiger charge is -2.36. The molecule has 23 heavy (non-hydrogen) atoms. The van der Waals surface area contributed by atoms with Gasteiger partial charge in [0, 0.05) is 32.7 Å². The van der Waals surface area contributed by atoms with Crippen LogP contribution >= 0.6 is 0 Å². The minimum Gasteiger partial charge on any atom is -0.379 e. The summed E-state index contributed by atoms with van der Waals surface area (Å²) >= 11 is 0. The van der Waals surface area contributed by atoms with Gasteiger partial charge in [0.1, 0.15) is 0 Å². The molecule has 8 heteroatoms. The molecule has 0 unspecified atom stereocenters. The van der Waals surface area contributed by atoms with Crippen molar-refractivity contribution in [2.45, 2.75) is 33.1 Å².